The summed E-state index contributed by atoms with van der Waals surface area (Å²) in [5, 5.41) is 11.6. The van der Waals surface area contributed by atoms with Crippen molar-refractivity contribution in [1.82, 2.24) is 10.2 Å². The van der Waals surface area contributed by atoms with Gasteiger partial charge in [0.2, 0.25) is 11.0 Å². The molecule has 0 aliphatic heterocycles. The van der Waals surface area contributed by atoms with Crippen LogP contribution in [0.15, 0.2) is 24.3 Å². The van der Waals surface area contributed by atoms with Crippen LogP contribution in [0.2, 0.25) is 0 Å². The van der Waals surface area contributed by atoms with Gasteiger partial charge in [0.15, 0.2) is 11.5 Å². The van der Waals surface area contributed by atoms with Crippen LogP contribution in [0.3, 0.4) is 0 Å². The van der Waals surface area contributed by atoms with Gasteiger partial charge in [-0.3, -0.25) is 10.1 Å². The Kier molecular flexibility index (Phi) is 7.36. The summed E-state index contributed by atoms with van der Waals surface area (Å²) in [6.45, 7) is 5.29. The SMILES string of the molecule is CCOc1ccc(/C=C/C(=O)Nc2nnc(COC)s2)cc1OCC. The van der Waals surface area contributed by atoms with Crippen LogP contribution in [0.4, 0.5) is 5.13 Å². The lowest BCUT2D eigenvalue weighted by Gasteiger charge is -2.11. The van der Waals surface area contributed by atoms with Crippen molar-refractivity contribution in [1.29, 1.82) is 0 Å². The molecule has 0 bridgehead atoms. The van der Waals surface area contributed by atoms with Crippen LogP contribution in [0, 0.1) is 0 Å². The van der Waals surface area contributed by atoms with Crippen LogP contribution in [-0.2, 0) is 16.1 Å². The van der Waals surface area contributed by atoms with Crippen molar-refractivity contribution in [3.63, 3.8) is 0 Å². The number of methoxy groups -OCH3 is 1. The van der Waals surface area contributed by atoms with Crippen LogP contribution in [-0.4, -0.2) is 36.4 Å². The fourth-order valence-corrected chi connectivity index (χ4v) is 2.69. The minimum Gasteiger partial charge on any atom is -0.490 e. The first-order valence-electron chi connectivity index (χ1n) is 7.86. The molecule has 2 aromatic rings. The molecular formula is C17H21N3O4S. The van der Waals surface area contributed by atoms with Crippen molar-refractivity contribution in [2.75, 3.05) is 25.6 Å². The highest BCUT2D eigenvalue weighted by molar-refractivity contribution is 7.15. The highest BCUT2D eigenvalue weighted by Gasteiger charge is 2.07. The van der Waals surface area contributed by atoms with E-state index < -0.39 is 0 Å². The number of nitrogens with zero attached hydrogens (tertiary/aromatic N) is 2. The first-order valence-corrected chi connectivity index (χ1v) is 8.68. The molecule has 0 unspecified atom stereocenters. The summed E-state index contributed by atoms with van der Waals surface area (Å²) in [6.07, 6.45) is 3.13. The summed E-state index contributed by atoms with van der Waals surface area (Å²) in [5.74, 6) is 1.05. The number of hydrogen-bond acceptors (Lipinski definition) is 7. The fourth-order valence-electron chi connectivity index (χ4n) is 1.98. The van der Waals surface area contributed by atoms with Crippen molar-refractivity contribution >= 4 is 28.5 Å². The second-order valence-electron chi connectivity index (χ2n) is 4.83. The minimum atomic E-state index is -0.285. The second kappa shape index (κ2) is 9.75. The molecule has 0 saturated carbocycles. The van der Waals surface area contributed by atoms with Gasteiger partial charge in [-0.15, -0.1) is 10.2 Å². The Balaban J connectivity index is 2.01. The predicted molar refractivity (Wildman–Crippen MR) is 97.1 cm³/mol. The molecule has 134 valence electrons. The Hall–Kier alpha value is -2.45. The van der Waals surface area contributed by atoms with E-state index in [1.807, 2.05) is 32.0 Å². The molecule has 0 spiro atoms. The molecular weight excluding hydrogens is 342 g/mol. The molecule has 0 radical (unpaired) electrons. The average molecular weight is 363 g/mol. The number of carbonyl (C=O) groups excluding carboxylic acids is 1. The third-order valence-corrected chi connectivity index (χ3v) is 3.77. The molecule has 2 rings (SSSR count). The van der Waals surface area contributed by atoms with Crippen LogP contribution in [0.5, 0.6) is 11.5 Å². The van der Waals surface area contributed by atoms with Gasteiger partial charge in [-0.05, 0) is 37.6 Å². The number of anilines is 1. The Bertz CT molecular complexity index is 730. The summed E-state index contributed by atoms with van der Waals surface area (Å²) in [7, 11) is 1.58. The van der Waals surface area contributed by atoms with Crippen LogP contribution in [0.1, 0.15) is 24.4 Å². The Morgan fingerprint density at radius 1 is 1.20 bits per heavy atom. The first-order chi connectivity index (χ1) is 12.2. The van der Waals surface area contributed by atoms with Gasteiger partial charge in [-0.25, -0.2) is 0 Å². The monoisotopic (exact) mass is 363 g/mol. The molecule has 0 aliphatic carbocycles. The molecule has 1 N–H and O–H groups in total. The van der Waals surface area contributed by atoms with Crippen molar-refractivity contribution in [2.45, 2.75) is 20.5 Å². The largest absolute Gasteiger partial charge is 0.490 e. The molecule has 1 heterocycles. The summed E-state index contributed by atoms with van der Waals surface area (Å²) in [4.78, 5) is 12.0. The minimum absolute atomic E-state index is 0.285. The van der Waals surface area contributed by atoms with Crippen LogP contribution < -0.4 is 14.8 Å². The van der Waals surface area contributed by atoms with Gasteiger partial charge in [0.1, 0.15) is 11.6 Å². The molecule has 0 atom stereocenters. The zero-order valence-corrected chi connectivity index (χ0v) is 15.3. The molecule has 8 heteroatoms. The topological polar surface area (TPSA) is 82.6 Å². The quantitative estimate of drug-likeness (QED) is 0.689. The van der Waals surface area contributed by atoms with E-state index in [0.29, 0.717) is 41.5 Å². The van der Waals surface area contributed by atoms with E-state index in [9.17, 15) is 4.79 Å². The van der Waals surface area contributed by atoms with Gasteiger partial charge in [0.25, 0.3) is 0 Å². The lowest BCUT2D eigenvalue weighted by molar-refractivity contribution is -0.111. The van der Waals surface area contributed by atoms with Crippen LogP contribution >= 0.6 is 11.3 Å². The summed E-state index contributed by atoms with van der Waals surface area (Å²) >= 11 is 1.27. The third kappa shape index (κ3) is 5.84. The normalized spacial score (nSPS) is 10.8. The molecule has 1 aromatic carbocycles. The summed E-state index contributed by atoms with van der Waals surface area (Å²) in [6, 6.07) is 5.52. The highest BCUT2D eigenvalue weighted by atomic mass is 32.1. The molecule has 7 nitrogen and oxygen atoms in total. The number of carbonyl (C=O) groups is 1. The number of ether oxygens (including phenoxy) is 3. The van der Waals surface area contributed by atoms with Gasteiger partial charge in [0, 0.05) is 13.2 Å². The summed E-state index contributed by atoms with van der Waals surface area (Å²) in [5.41, 5.74) is 0.833. The molecule has 0 aliphatic rings. The van der Waals surface area contributed by atoms with Gasteiger partial charge in [-0.2, -0.15) is 0 Å². The molecule has 1 amide bonds. The number of aromatic nitrogens is 2. The first kappa shape index (κ1) is 18.9. The zero-order chi connectivity index (χ0) is 18.1. The molecule has 0 saturated heterocycles. The predicted octanol–water partition coefficient (Wildman–Crippen LogP) is 3.13. The number of amides is 1. The Morgan fingerprint density at radius 3 is 2.68 bits per heavy atom. The lowest BCUT2D eigenvalue weighted by atomic mass is 10.2. The number of hydrogen-bond donors (Lipinski definition) is 1. The highest BCUT2D eigenvalue weighted by Crippen LogP contribution is 2.29. The third-order valence-electron chi connectivity index (χ3n) is 2.96. The van der Waals surface area contributed by atoms with Gasteiger partial charge in [0.05, 0.1) is 13.2 Å². The van der Waals surface area contributed by atoms with E-state index in [1.54, 1.807) is 13.2 Å². The van der Waals surface area contributed by atoms with E-state index >= 15 is 0 Å². The number of nitrogens with one attached hydrogen (secondary N) is 1. The standard InChI is InChI=1S/C17H21N3O4S/c1-4-23-13-8-6-12(10-14(13)24-5-2)7-9-15(21)18-17-20-19-16(25-17)11-22-3/h6-10H,4-5,11H2,1-3H3,(H,18,20,21)/b9-7+. The summed E-state index contributed by atoms with van der Waals surface area (Å²) < 4.78 is 16.1. The fraction of sp³-hybridized carbons (Fsp3) is 0.353. The van der Waals surface area contributed by atoms with Crippen molar-refractivity contribution in [3.05, 3.63) is 34.8 Å². The van der Waals surface area contributed by atoms with Gasteiger partial charge >= 0.3 is 0 Å². The maximum absolute atomic E-state index is 12.0. The van der Waals surface area contributed by atoms with E-state index in [2.05, 4.69) is 15.5 Å². The maximum Gasteiger partial charge on any atom is 0.250 e. The molecule has 0 fully saturated rings. The van der Waals surface area contributed by atoms with Crippen molar-refractivity contribution in [2.24, 2.45) is 0 Å². The van der Waals surface area contributed by atoms with E-state index in [4.69, 9.17) is 14.2 Å². The molecule has 1 aromatic heterocycles. The second-order valence-corrected chi connectivity index (χ2v) is 5.89. The van der Waals surface area contributed by atoms with Crippen molar-refractivity contribution < 1.29 is 19.0 Å². The average Bonchev–Trinajstić information content (AvgIpc) is 3.03. The smallest absolute Gasteiger partial charge is 0.250 e. The zero-order valence-electron chi connectivity index (χ0n) is 14.4. The van der Waals surface area contributed by atoms with Gasteiger partial charge < -0.3 is 14.2 Å². The lowest BCUT2D eigenvalue weighted by Crippen LogP contribution is -2.07. The molecule has 25 heavy (non-hydrogen) atoms. The maximum atomic E-state index is 12.0. The number of rotatable bonds is 9. The van der Waals surface area contributed by atoms with Gasteiger partial charge in [-0.1, -0.05) is 17.4 Å². The van der Waals surface area contributed by atoms with E-state index in [0.717, 1.165) is 5.56 Å². The van der Waals surface area contributed by atoms with E-state index in [-0.39, 0.29) is 5.91 Å². The number of benzene rings is 1. The van der Waals surface area contributed by atoms with Crippen LogP contribution in [0.25, 0.3) is 6.08 Å². The Labute approximate surface area is 150 Å². The van der Waals surface area contributed by atoms with Crippen molar-refractivity contribution in [3.8, 4) is 11.5 Å². The Morgan fingerprint density at radius 2 is 1.96 bits per heavy atom. The van der Waals surface area contributed by atoms with E-state index in [1.165, 1.54) is 17.4 Å².